The molecule has 8 unspecified atom stereocenters. The average molecular weight is 1080 g/mol. The minimum absolute atomic E-state index is 0.0686. The van der Waals surface area contributed by atoms with E-state index in [9.17, 15) is 81.7 Å². The van der Waals surface area contributed by atoms with E-state index in [1.165, 1.54) is 17.0 Å². The lowest BCUT2D eigenvalue weighted by Crippen LogP contribution is -2.66. The molecule has 17 N–H and O–H groups in total. The summed E-state index contributed by atoms with van der Waals surface area (Å²) in [5.74, 6) is -3.02. The minimum atomic E-state index is -2.04. The predicted octanol–water partition coefficient (Wildman–Crippen LogP) is -8.55. The van der Waals surface area contributed by atoms with E-state index in [0.29, 0.717) is 0 Å². The highest BCUT2D eigenvalue weighted by Crippen LogP contribution is 2.41. The Hall–Kier alpha value is -1.54. The van der Waals surface area contributed by atoms with Crippen LogP contribution in [-0.2, 0) is 51.0 Å². The summed E-state index contributed by atoms with van der Waals surface area (Å²) in [6.07, 6.45) is -31.0. The Labute approximate surface area is 421 Å². The molecule has 30 heteroatoms. The Morgan fingerprint density at radius 2 is 1.39 bits per heavy atom. The van der Waals surface area contributed by atoms with Crippen molar-refractivity contribution in [3.63, 3.8) is 0 Å². The van der Waals surface area contributed by atoms with Gasteiger partial charge in [0.1, 0.15) is 103 Å². The zero-order chi connectivity index (χ0) is 52.5. The fraction of sp³-hybridized carbons (Fsp3) is 0.905. The minimum Gasteiger partial charge on any atom is -0.396 e. The molecule has 7 rings (SSSR count). The molecule has 27 atom stereocenters. The molecule has 0 bridgehead atoms. The number of hydrogen-bond donors (Lipinski definition) is 17. The smallest absolute Gasteiger partial charge is 0.211 e. The molecule has 0 spiro atoms. The van der Waals surface area contributed by atoms with Crippen molar-refractivity contribution in [2.75, 3.05) is 32.3 Å². The standard InChI is InChI=1S/C42H68Cl2N4O24/c1-14-18(45-19-4-16(9-50)26(54)31(59)27(19)55)6-20(53)39(66-14)69-36-24(11-52)68-41(35(63)33(36)61)70-37-23(10-51)67-40(34(62)32(37)60)65-12-17-7-48(47-46-17)8-22-29(57)38(64)42(13-43,72-22)71-21-5-15(2-3-49)25(44)30(58)28(21)56/h4,7,14-15,18-41,45,49-64H,2-3,5-6,8-13H2,1H3/t14?,15-,18-,19-,20?,21-,22+,23?,24?,25-,26+,27-,28-,29-,30-,31-,32?,33?,34?,35?,36+,37+,38-,39+,40+,41+,42+/m0/s1. The lowest BCUT2D eigenvalue weighted by atomic mass is 9.81. The van der Waals surface area contributed by atoms with Crippen LogP contribution < -0.4 is 5.32 Å². The van der Waals surface area contributed by atoms with Gasteiger partial charge in [-0.15, -0.1) is 28.3 Å². The number of alkyl halides is 2. The van der Waals surface area contributed by atoms with Crippen LogP contribution >= 0.6 is 23.2 Å². The monoisotopic (exact) mass is 1080 g/mol. The van der Waals surface area contributed by atoms with Crippen LogP contribution in [0.2, 0.25) is 0 Å². The molecule has 5 heterocycles. The van der Waals surface area contributed by atoms with E-state index in [-0.39, 0.29) is 43.7 Å². The first-order valence-electron chi connectivity index (χ1n) is 23.6. The summed E-state index contributed by atoms with van der Waals surface area (Å²) in [6, 6.07) is -1.62. The molecule has 414 valence electrons. The SMILES string of the molecule is CC1O[C@H](O[C@@H]2C(CO)O[C@H](O[C@@H]3C(CO)O[C@@H](OCc4cn(C[C@H]5O[C@@](CCl)(O[C@H]6C[C@H](CCO)[C@H](Cl)[C@H](O)[C@H]6O)[C@@H](O)[C@H]5O)nn4)C(O)C3O)C(O)C2O)C(O)C[C@@H]1N[C@H]1C=C(CO)[C@@H](O)[C@H](O)[C@H]1O. The molecule has 28 nitrogen and oxygen atoms in total. The van der Waals surface area contributed by atoms with Crippen molar-refractivity contribution in [1.82, 2.24) is 20.3 Å². The van der Waals surface area contributed by atoms with Gasteiger partial charge in [0, 0.05) is 12.6 Å². The van der Waals surface area contributed by atoms with Crippen molar-refractivity contribution < 1.29 is 120 Å². The van der Waals surface area contributed by atoms with E-state index in [1.807, 2.05) is 0 Å². The summed E-state index contributed by atoms with van der Waals surface area (Å²) in [5.41, 5.74) is 0.207. The lowest BCUT2D eigenvalue weighted by Gasteiger charge is -2.48. The molecule has 4 saturated heterocycles. The number of aliphatic hydroxyl groups excluding tert-OH is 16. The van der Waals surface area contributed by atoms with Crippen LogP contribution in [0.3, 0.4) is 0 Å². The van der Waals surface area contributed by atoms with Crippen molar-refractivity contribution in [3.05, 3.63) is 23.5 Å². The fourth-order valence-corrected chi connectivity index (χ4v) is 10.7. The Morgan fingerprint density at radius 1 is 0.750 bits per heavy atom. The molecule has 72 heavy (non-hydrogen) atoms. The van der Waals surface area contributed by atoms with Gasteiger partial charge < -0.3 is 125 Å². The van der Waals surface area contributed by atoms with Gasteiger partial charge in [0.05, 0.1) is 74.8 Å². The van der Waals surface area contributed by atoms with E-state index >= 15 is 0 Å². The molecule has 1 aromatic heterocycles. The maximum absolute atomic E-state index is 11.2. The van der Waals surface area contributed by atoms with Gasteiger partial charge in [-0.2, -0.15) is 0 Å². The Kier molecular flexibility index (Phi) is 20.1. The van der Waals surface area contributed by atoms with Gasteiger partial charge in [-0.3, -0.25) is 0 Å². The van der Waals surface area contributed by atoms with E-state index in [0.717, 1.165) is 0 Å². The maximum Gasteiger partial charge on any atom is 0.211 e. The molecule has 1 saturated carbocycles. The third-order valence-electron chi connectivity index (χ3n) is 14.3. The summed E-state index contributed by atoms with van der Waals surface area (Å²) >= 11 is 12.5. The van der Waals surface area contributed by atoms with E-state index in [2.05, 4.69) is 15.6 Å². The summed E-state index contributed by atoms with van der Waals surface area (Å²) in [7, 11) is 0. The molecule has 5 fully saturated rings. The number of nitrogens with zero attached hydrogens (tertiary/aromatic N) is 3. The lowest BCUT2D eigenvalue weighted by molar-refractivity contribution is -0.374. The molecule has 1 aromatic rings. The molecule has 0 amide bonds. The number of nitrogens with one attached hydrogen (secondary N) is 1. The van der Waals surface area contributed by atoms with Gasteiger partial charge in [-0.1, -0.05) is 11.3 Å². The molecule has 2 aliphatic carbocycles. The Balaban J connectivity index is 0.904. The number of ether oxygens (including phenoxy) is 8. The topological polar surface area (TPSA) is 440 Å². The van der Waals surface area contributed by atoms with Gasteiger partial charge >= 0.3 is 0 Å². The highest BCUT2D eigenvalue weighted by Gasteiger charge is 2.58. The second-order valence-corrected chi connectivity index (χ2v) is 19.9. The molecular formula is C42H68Cl2N4O24. The maximum atomic E-state index is 11.2. The first-order chi connectivity index (χ1) is 34.2. The van der Waals surface area contributed by atoms with Crippen LogP contribution in [0.15, 0.2) is 17.8 Å². The second-order valence-electron chi connectivity index (χ2n) is 19.1. The highest BCUT2D eigenvalue weighted by molar-refractivity contribution is 6.21. The van der Waals surface area contributed by atoms with Crippen LogP contribution in [0, 0.1) is 5.92 Å². The van der Waals surface area contributed by atoms with Crippen molar-refractivity contribution in [3.8, 4) is 0 Å². The van der Waals surface area contributed by atoms with E-state index < -0.39 is 196 Å². The van der Waals surface area contributed by atoms with Crippen molar-refractivity contribution >= 4 is 23.2 Å². The van der Waals surface area contributed by atoms with Gasteiger partial charge in [-0.25, -0.2) is 4.68 Å². The summed E-state index contributed by atoms with van der Waals surface area (Å²) in [4.78, 5) is 0. The van der Waals surface area contributed by atoms with Gasteiger partial charge in [0.25, 0.3) is 0 Å². The van der Waals surface area contributed by atoms with Crippen molar-refractivity contribution in [1.29, 1.82) is 0 Å². The molecule has 0 aromatic carbocycles. The molecular weight excluding hydrogens is 1020 g/mol. The van der Waals surface area contributed by atoms with Crippen LogP contribution in [0.1, 0.15) is 31.9 Å². The van der Waals surface area contributed by atoms with Crippen LogP contribution in [0.4, 0.5) is 0 Å². The summed E-state index contributed by atoms with van der Waals surface area (Å²) < 4.78 is 47.8. The van der Waals surface area contributed by atoms with Crippen LogP contribution in [0.5, 0.6) is 0 Å². The largest absolute Gasteiger partial charge is 0.396 e. The number of hydrogen-bond acceptors (Lipinski definition) is 27. The Bertz CT molecular complexity index is 1900. The third kappa shape index (κ3) is 12.1. The quantitative estimate of drug-likeness (QED) is 0.0452. The molecule has 0 radical (unpaired) electrons. The van der Waals surface area contributed by atoms with Crippen LogP contribution in [-0.4, -0.2) is 287 Å². The number of halogens is 2. The molecule has 6 aliphatic rings. The summed E-state index contributed by atoms with van der Waals surface area (Å²) in [6.45, 7) is -1.53. The number of aliphatic hydroxyl groups is 16. The molecule has 4 aliphatic heterocycles. The van der Waals surface area contributed by atoms with Crippen molar-refractivity contribution in [2.45, 2.75) is 197 Å². The first kappa shape index (κ1) is 58.1. The number of rotatable bonds is 19. The number of aromatic nitrogens is 3. The third-order valence-corrected chi connectivity index (χ3v) is 15.3. The second kappa shape index (κ2) is 24.8. The van der Waals surface area contributed by atoms with Gasteiger partial charge in [0.15, 0.2) is 18.9 Å². The average Bonchev–Trinajstić information content (AvgIpc) is 3.91. The van der Waals surface area contributed by atoms with Crippen LogP contribution in [0.25, 0.3) is 0 Å². The fourth-order valence-electron chi connectivity index (χ4n) is 10.0. The normalized spacial score (nSPS) is 48.2. The summed E-state index contributed by atoms with van der Waals surface area (Å²) in [5, 5.41) is 180. The first-order valence-corrected chi connectivity index (χ1v) is 24.6. The Morgan fingerprint density at radius 3 is 2.01 bits per heavy atom. The van der Waals surface area contributed by atoms with Gasteiger partial charge in [0.2, 0.25) is 5.79 Å². The highest BCUT2D eigenvalue weighted by atomic mass is 35.5. The van der Waals surface area contributed by atoms with Gasteiger partial charge in [-0.05, 0) is 37.7 Å². The van der Waals surface area contributed by atoms with E-state index in [1.54, 1.807) is 6.92 Å². The zero-order valence-electron chi connectivity index (χ0n) is 38.8. The van der Waals surface area contributed by atoms with Crippen molar-refractivity contribution in [2.24, 2.45) is 5.92 Å². The van der Waals surface area contributed by atoms with E-state index in [4.69, 9.17) is 61.1 Å². The predicted molar refractivity (Wildman–Crippen MR) is 236 cm³/mol. The zero-order valence-corrected chi connectivity index (χ0v) is 40.3.